The van der Waals surface area contributed by atoms with E-state index in [1.807, 2.05) is 123 Å². The number of carbonyl (C=O) groups is 3. The molecular weight excluding hydrogens is 482 g/mol. The zero-order valence-electron chi connectivity index (χ0n) is 22.8. The highest BCUT2D eigenvalue weighted by atomic mass is 16.1. The van der Waals surface area contributed by atoms with Gasteiger partial charge in [-0.25, -0.2) is 0 Å². The smallest absolute Gasteiger partial charge is 0.165 e. The Morgan fingerprint density at radius 2 is 1.13 bits per heavy atom. The molecule has 198 valence electrons. The van der Waals surface area contributed by atoms with Crippen LogP contribution in [0.2, 0.25) is 0 Å². The average Bonchev–Trinajstić information content (AvgIpc) is 2.99. The molecule has 2 unspecified atom stereocenters. The quantitative estimate of drug-likeness (QED) is 0.180. The number of hydrogen-bond acceptors (Lipinski definition) is 4. The number of ketones is 3. The van der Waals surface area contributed by atoms with E-state index in [-0.39, 0.29) is 29.7 Å². The number of hydrogen-bond donors (Lipinski definition) is 0. The van der Waals surface area contributed by atoms with E-state index in [0.29, 0.717) is 29.5 Å². The van der Waals surface area contributed by atoms with Gasteiger partial charge in [0.05, 0.1) is 0 Å². The van der Waals surface area contributed by atoms with Crippen LogP contribution >= 0.6 is 0 Å². The lowest BCUT2D eigenvalue weighted by molar-refractivity contribution is 0.0842. The molecule has 0 aromatic heterocycles. The van der Waals surface area contributed by atoms with Crippen molar-refractivity contribution < 1.29 is 14.4 Å². The maximum absolute atomic E-state index is 13.5. The number of benzene rings is 4. The fraction of sp³-hybridized carbons (Fsp3) is 0.229. The molecule has 0 saturated heterocycles. The predicted octanol–water partition coefficient (Wildman–Crippen LogP) is 7.79. The van der Waals surface area contributed by atoms with Crippen molar-refractivity contribution in [2.75, 3.05) is 19.0 Å². The van der Waals surface area contributed by atoms with Crippen molar-refractivity contribution in [3.8, 4) is 11.1 Å². The Morgan fingerprint density at radius 1 is 0.615 bits per heavy atom. The Morgan fingerprint density at radius 3 is 1.72 bits per heavy atom. The van der Waals surface area contributed by atoms with Gasteiger partial charge in [0.1, 0.15) is 0 Å². The minimum atomic E-state index is -0.431. The standard InChI is InChI=1S/C35H35NO3/c1-25(34(38)30-16-14-27(15-17-30)26-10-6-4-7-11-26)24-31(35(39)29-12-8-5-9-13-29)20-23-33(37)28-18-21-32(22-19-28)36(2)3/h4-19,21-22,25,31H,20,23-24H2,1-3H3. The van der Waals surface area contributed by atoms with Crippen molar-refractivity contribution in [3.63, 3.8) is 0 Å². The van der Waals surface area contributed by atoms with Gasteiger partial charge in [0, 0.05) is 54.7 Å². The molecule has 0 aliphatic heterocycles. The van der Waals surface area contributed by atoms with Gasteiger partial charge < -0.3 is 4.90 Å². The molecule has 0 aliphatic rings. The van der Waals surface area contributed by atoms with Gasteiger partial charge >= 0.3 is 0 Å². The van der Waals surface area contributed by atoms with E-state index in [1.54, 1.807) is 12.1 Å². The van der Waals surface area contributed by atoms with E-state index in [0.717, 1.165) is 16.8 Å². The third-order valence-electron chi connectivity index (χ3n) is 7.22. The van der Waals surface area contributed by atoms with Crippen LogP contribution in [0.3, 0.4) is 0 Å². The molecule has 0 amide bonds. The summed E-state index contributed by atoms with van der Waals surface area (Å²) in [4.78, 5) is 41.8. The van der Waals surface area contributed by atoms with Gasteiger partial charge in [0.15, 0.2) is 17.3 Å². The normalized spacial score (nSPS) is 12.4. The molecule has 0 spiro atoms. The summed E-state index contributed by atoms with van der Waals surface area (Å²) in [5.41, 5.74) is 5.04. The lowest BCUT2D eigenvalue weighted by atomic mass is 9.82. The minimum absolute atomic E-state index is 0.00153. The highest BCUT2D eigenvalue weighted by molar-refractivity contribution is 6.01. The monoisotopic (exact) mass is 517 g/mol. The summed E-state index contributed by atoms with van der Waals surface area (Å²) < 4.78 is 0. The number of nitrogens with zero attached hydrogens (tertiary/aromatic N) is 1. The van der Waals surface area contributed by atoms with Crippen LogP contribution in [0.5, 0.6) is 0 Å². The van der Waals surface area contributed by atoms with Crippen molar-refractivity contribution in [3.05, 3.63) is 126 Å². The number of carbonyl (C=O) groups excluding carboxylic acids is 3. The number of rotatable bonds is 12. The molecule has 0 N–H and O–H groups in total. The predicted molar refractivity (Wildman–Crippen MR) is 159 cm³/mol. The summed E-state index contributed by atoms with van der Waals surface area (Å²) in [5, 5.41) is 0. The van der Waals surface area contributed by atoms with Gasteiger partial charge in [0.25, 0.3) is 0 Å². The van der Waals surface area contributed by atoms with Crippen molar-refractivity contribution in [2.45, 2.75) is 26.2 Å². The molecular formula is C35H35NO3. The van der Waals surface area contributed by atoms with E-state index >= 15 is 0 Å². The second-order valence-corrected chi connectivity index (χ2v) is 10.3. The number of anilines is 1. The van der Waals surface area contributed by atoms with Crippen molar-refractivity contribution in [1.82, 2.24) is 0 Å². The highest BCUT2D eigenvalue weighted by Crippen LogP contribution is 2.27. The van der Waals surface area contributed by atoms with Crippen LogP contribution in [0.1, 0.15) is 57.3 Å². The Labute approximate surface area is 231 Å². The first kappa shape index (κ1) is 27.7. The third-order valence-corrected chi connectivity index (χ3v) is 7.22. The summed E-state index contributed by atoms with van der Waals surface area (Å²) in [5.74, 6) is -0.808. The van der Waals surface area contributed by atoms with E-state index in [2.05, 4.69) is 0 Å². The molecule has 4 nitrogen and oxygen atoms in total. The van der Waals surface area contributed by atoms with E-state index in [9.17, 15) is 14.4 Å². The van der Waals surface area contributed by atoms with E-state index in [4.69, 9.17) is 0 Å². The molecule has 0 radical (unpaired) electrons. The molecule has 4 rings (SSSR count). The fourth-order valence-electron chi connectivity index (χ4n) is 4.87. The fourth-order valence-corrected chi connectivity index (χ4v) is 4.87. The molecule has 4 heteroatoms. The zero-order chi connectivity index (χ0) is 27.8. The van der Waals surface area contributed by atoms with E-state index in [1.165, 1.54) is 0 Å². The lowest BCUT2D eigenvalue weighted by Gasteiger charge is -2.20. The summed E-state index contributed by atoms with van der Waals surface area (Å²) in [6.07, 6.45) is 1.03. The van der Waals surface area contributed by atoms with Gasteiger partial charge in [-0.2, -0.15) is 0 Å². The van der Waals surface area contributed by atoms with Crippen molar-refractivity contribution >= 4 is 23.0 Å². The largest absolute Gasteiger partial charge is 0.378 e. The van der Waals surface area contributed by atoms with Gasteiger partial charge in [-0.05, 0) is 48.2 Å². The molecule has 0 aliphatic carbocycles. The van der Waals surface area contributed by atoms with Crippen LogP contribution < -0.4 is 4.90 Å². The van der Waals surface area contributed by atoms with Crippen molar-refractivity contribution in [1.29, 1.82) is 0 Å². The van der Waals surface area contributed by atoms with Crippen LogP contribution in [0.15, 0.2) is 109 Å². The zero-order valence-corrected chi connectivity index (χ0v) is 22.8. The Kier molecular flexibility index (Phi) is 9.22. The third kappa shape index (κ3) is 7.17. The number of Topliss-reactive ketones (excluding diaryl/α,β-unsaturated/α-hetero) is 3. The van der Waals surface area contributed by atoms with Gasteiger partial charge in [0.2, 0.25) is 0 Å². The van der Waals surface area contributed by atoms with Gasteiger partial charge in [-0.1, -0.05) is 91.9 Å². The topological polar surface area (TPSA) is 54.5 Å². The summed E-state index contributed by atoms with van der Waals surface area (Å²) in [6, 6.07) is 34.3. The van der Waals surface area contributed by atoms with Gasteiger partial charge in [-0.15, -0.1) is 0 Å². The molecule has 0 bridgehead atoms. The Bertz CT molecular complexity index is 1390. The Balaban J connectivity index is 1.47. The van der Waals surface area contributed by atoms with Crippen LogP contribution in [-0.2, 0) is 0 Å². The first-order valence-electron chi connectivity index (χ1n) is 13.4. The second-order valence-electron chi connectivity index (χ2n) is 10.3. The van der Waals surface area contributed by atoms with Gasteiger partial charge in [-0.3, -0.25) is 14.4 Å². The maximum Gasteiger partial charge on any atom is 0.165 e. The molecule has 0 heterocycles. The average molecular weight is 518 g/mol. The minimum Gasteiger partial charge on any atom is -0.378 e. The maximum atomic E-state index is 13.5. The second kappa shape index (κ2) is 13.0. The molecule has 4 aromatic rings. The summed E-state index contributed by atoms with van der Waals surface area (Å²) >= 11 is 0. The Hall–Kier alpha value is -4.31. The molecule has 0 saturated carbocycles. The van der Waals surface area contributed by atoms with Crippen molar-refractivity contribution in [2.24, 2.45) is 11.8 Å². The summed E-state index contributed by atoms with van der Waals surface area (Å²) in [7, 11) is 3.91. The van der Waals surface area contributed by atoms with Crippen LogP contribution in [0.4, 0.5) is 5.69 Å². The molecule has 0 fully saturated rings. The highest BCUT2D eigenvalue weighted by Gasteiger charge is 2.27. The van der Waals surface area contributed by atoms with Crippen LogP contribution in [0.25, 0.3) is 11.1 Å². The lowest BCUT2D eigenvalue weighted by Crippen LogP contribution is -2.23. The summed E-state index contributed by atoms with van der Waals surface area (Å²) in [6.45, 7) is 1.88. The molecule has 4 aromatic carbocycles. The molecule has 39 heavy (non-hydrogen) atoms. The van der Waals surface area contributed by atoms with E-state index < -0.39 is 5.92 Å². The SMILES string of the molecule is CC(CC(CCC(=O)c1ccc(N(C)C)cc1)C(=O)c1ccccc1)C(=O)c1ccc(-c2ccccc2)cc1. The first-order chi connectivity index (χ1) is 18.8. The first-order valence-corrected chi connectivity index (χ1v) is 13.4. The van der Waals surface area contributed by atoms with Crippen LogP contribution in [-0.4, -0.2) is 31.4 Å². The van der Waals surface area contributed by atoms with Crippen LogP contribution in [0, 0.1) is 11.8 Å². The molecule has 2 atom stereocenters.